The van der Waals surface area contributed by atoms with Crippen molar-refractivity contribution in [2.24, 2.45) is 4.99 Å². The van der Waals surface area contributed by atoms with Crippen molar-refractivity contribution in [1.82, 2.24) is 5.06 Å². The molecule has 0 atom stereocenters. The minimum atomic E-state index is -0.446. The molecule has 1 fully saturated rings. The molecule has 1 N–H and O–H groups in total. The summed E-state index contributed by atoms with van der Waals surface area (Å²) in [4.78, 5) is 4.71. The number of ether oxygens (including phenoxy) is 1. The minimum Gasteiger partial charge on any atom is -0.507 e. The van der Waals surface area contributed by atoms with Gasteiger partial charge in [0, 0.05) is 28.9 Å². The van der Waals surface area contributed by atoms with Crippen LogP contribution in [0.5, 0.6) is 11.5 Å². The van der Waals surface area contributed by atoms with Crippen LogP contribution in [0.3, 0.4) is 0 Å². The van der Waals surface area contributed by atoms with Crippen LogP contribution in [0.15, 0.2) is 23.2 Å². The van der Waals surface area contributed by atoms with Crippen LogP contribution in [-0.4, -0.2) is 40.1 Å². The quantitative estimate of drug-likeness (QED) is 0.232. The van der Waals surface area contributed by atoms with Crippen molar-refractivity contribution >= 4 is 6.21 Å². The Morgan fingerprint density at radius 1 is 0.970 bits per heavy atom. The molecule has 2 rings (SSSR count). The van der Waals surface area contributed by atoms with Crippen molar-refractivity contribution in [1.29, 1.82) is 0 Å². The predicted molar refractivity (Wildman–Crippen MR) is 137 cm³/mol. The summed E-state index contributed by atoms with van der Waals surface area (Å²) in [6, 6.07) is 5.48. The van der Waals surface area contributed by atoms with Gasteiger partial charge in [-0.15, -0.1) is 10.3 Å². The van der Waals surface area contributed by atoms with E-state index in [-0.39, 0.29) is 11.8 Å². The van der Waals surface area contributed by atoms with E-state index in [9.17, 15) is 10.3 Å². The molecule has 1 aromatic rings. The van der Waals surface area contributed by atoms with E-state index in [0.29, 0.717) is 30.8 Å². The van der Waals surface area contributed by atoms with Crippen molar-refractivity contribution in [2.75, 3.05) is 6.61 Å². The summed E-state index contributed by atoms with van der Waals surface area (Å²) < 4.78 is 5.83. The zero-order valence-electron chi connectivity index (χ0n) is 21.7. The largest absolute Gasteiger partial charge is 0.507 e. The molecule has 0 aliphatic carbocycles. The summed E-state index contributed by atoms with van der Waals surface area (Å²) in [6.45, 7) is 10.8. The highest BCUT2D eigenvalue weighted by Crippen LogP contribution is 2.38. The number of piperidine rings is 1. The minimum absolute atomic E-state index is 0.0619. The van der Waals surface area contributed by atoms with Crippen LogP contribution in [-0.2, 0) is 5.21 Å². The van der Waals surface area contributed by atoms with Crippen molar-refractivity contribution in [3.8, 4) is 11.5 Å². The van der Waals surface area contributed by atoms with Crippen molar-refractivity contribution in [3.63, 3.8) is 0 Å². The maximum atomic E-state index is 12.5. The molecular formula is C28H47N2O3. The van der Waals surface area contributed by atoms with E-state index in [0.717, 1.165) is 6.42 Å². The summed E-state index contributed by atoms with van der Waals surface area (Å²) in [6.07, 6.45) is 16.2. The van der Waals surface area contributed by atoms with Gasteiger partial charge in [-0.3, -0.25) is 4.99 Å². The third kappa shape index (κ3) is 9.29. The van der Waals surface area contributed by atoms with E-state index in [2.05, 4.69) is 6.92 Å². The summed E-state index contributed by atoms with van der Waals surface area (Å²) in [5.41, 5.74) is -0.211. The molecule has 0 amide bonds. The fourth-order valence-electron chi connectivity index (χ4n) is 5.00. The molecular weight excluding hydrogens is 412 g/mol. The maximum absolute atomic E-state index is 12.5. The van der Waals surface area contributed by atoms with Crippen LogP contribution in [0.25, 0.3) is 0 Å². The number of benzene rings is 1. The van der Waals surface area contributed by atoms with Crippen LogP contribution < -0.4 is 4.74 Å². The summed E-state index contributed by atoms with van der Waals surface area (Å²) in [7, 11) is 0. The van der Waals surface area contributed by atoms with Crippen LogP contribution in [0.4, 0.5) is 0 Å². The Kier molecular flexibility index (Phi) is 11.2. The first-order valence-electron chi connectivity index (χ1n) is 13.1. The number of aliphatic imine (C=N–C) groups is 1. The SMILES string of the molecule is CCCCCCCCCCCCOc1ccc(C=NC2CC(C)(C)N([O])C(C)(C)C2)c(O)c1. The van der Waals surface area contributed by atoms with E-state index in [1.165, 1.54) is 62.9 Å². The van der Waals surface area contributed by atoms with Gasteiger partial charge in [0.25, 0.3) is 0 Å². The van der Waals surface area contributed by atoms with Crippen molar-refractivity contribution in [3.05, 3.63) is 23.8 Å². The molecule has 1 aliphatic heterocycles. The Bertz CT molecular complexity index is 712. The van der Waals surface area contributed by atoms with Gasteiger partial charge in [-0.2, -0.15) is 0 Å². The van der Waals surface area contributed by atoms with Gasteiger partial charge < -0.3 is 9.84 Å². The summed E-state index contributed by atoms with van der Waals surface area (Å²) in [5, 5.41) is 24.1. The molecule has 0 bridgehead atoms. The van der Waals surface area contributed by atoms with Crippen molar-refractivity contribution < 1.29 is 15.1 Å². The first-order chi connectivity index (χ1) is 15.7. The number of hydrogen-bond donors (Lipinski definition) is 1. The number of phenols is 1. The Labute approximate surface area is 202 Å². The molecule has 5 nitrogen and oxygen atoms in total. The molecule has 0 unspecified atom stereocenters. The van der Waals surface area contributed by atoms with Crippen molar-refractivity contribution in [2.45, 2.75) is 129 Å². The van der Waals surface area contributed by atoms with Crippen LogP contribution in [0, 0.1) is 0 Å². The average molecular weight is 460 g/mol. The number of hydrogen-bond acceptors (Lipinski definition) is 4. The lowest BCUT2D eigenvalue weighted by atomic mass is 9.79. The fourth-order valence-corrected chi connectivity index (χ4v) is 5.00. The molecule has 1 radical (unpaired) electrons. The number of hydroxylamine groups is 2. The zero-order valence-corrected chi connectivity index (χ0v) is 21.7. The molecule has 1 aliphatic rings. The summed E-state index contributed by atoms with van der Waals surface area (Å²) in [5.74, 6) is 0.876. The molecule has 1 saturated heterocycles. The highest BCUT2D eigenvalue weighted by atomic mass is 16.5. The van der Waals surface area contributed by atoms with Gasteiger partial charge in [-0.1, -0.05) is 64.7 Å². The number of rotatable bonds is 14. The van der Waals surface area contributed by atoms with E-state index in [1.54, 1.807) is 12.3 Å². The van der Waals surface area contributed by atoms with Gasteiger partial charge in [0.05, 0.1) is 12.6 Å². The van der Waals surface area contributed by atoms with E-state index in [4.69, 9.17) is 9.73 Å². The third-order valence-corrected chi connectivity index (χ3v) is 6.76. The van der Waals surface area contributed by atoms with Crippen LogP contribution in [0.1, 0.15) is 117 Å². The van der Waals surface area contributed by atoms with Gasteiger partial charge in [0.1, 0.15) is 11.5 Å². The van der Waals surface area contributed by atoms with E-state index >= 15 is 0 Å². The van der Waals surface area contributed by atoms with Gasteiger partial charge in [0.2, 0.25) is 0 Å². The second-order valence-electron chi connectivity index (χ2n) is 11.0. The first kappa shape index (κ1) is 27.7. The molecule has 1 heterocycles. The first-order valence-corrected chi connectivity index (χ1v) is 13.1. The van der Waals surface area contributed by atoms with Gasteiger partial charge >= 0.3 is 0 Å². The molecule has 5 heteroatoms. The molecule has 0 aromatic heterocycles. The van der Waals surface area contributed by atoms with Gasteiger partial charge in [-0.25, -0.2) is 0 Å². The Morgan fingerprint density at radius 2 is 1.52 bits per heavy atom. The lowest BCUT2D eigenvalue weighted by Gasteiger charge is -2.48. The lowest BCUT2D eigenvalue weighted by molar-refractivity contribution is -0.288. The Hall–Kier alpha value is -1.59. The van der Waals surface area contributed by atoms with Crippen LogP contribution >= 0.6 is 0 Å². The number of aromatic hydroxyl groups is 1. The average Bonchev–Trinajstić information content (AvgIpc) is 2.75. The highest BCUT2D eigenvalue weighted by Gasteiger charge is 2.46. The fraction of sp³-hybridized carbons (Fsp3) is 0.750. The molecule has 33 heavy (non-hydrogen) atoms. The Balaban J connectivity index is 1.70. The standard InChI is InChI=1S/C28H47N2O3/c1-6-7-8-9-10-11-12-13-14-15-18-33-25-17-16-23(26(31)19-25)22-29-24-20-27(2,3)30(32)28(4,5)21-24/h16-17,19,22,24,31H,6-15,18,20-21H2,1-5H3. The maximum Gasteiger partial charge on any atom is 0.128 e. The third-order valence-electron chi connectivity index (χ3n) is 6.76. The smallest absolute Gasteiger partial charge is 0.128 e. The second-order valence-corrected chi connectivity index (χ2v) is 11.0. The summed E-state index contributed by atoms with van der Waals surface area (Å²) >= 11 is 0. The van der Waals surface area contributed by atoms with E-state index in [1.807, 2.05) is 39.8 Å². The van der Waals surface area contributed by atoms with E-state index < -0.39 is 11.1 Å². The predicted octanol–water partition coefficient (Wildman–Crippen LogP) is 7.48. The number of phenolic OH excluding ortho intramolecular Hbond substituents is 1. The lowest BCUT2D eigenvalue weighted by Crippen LogP contribution is -2.59. The topological polar surface area (TPSA) is 65.0 Å². The Morgan fingerprint density at radius 3 is 2.06 bits per heavy atom. The molecule has 0 saturated carbocycles. The molecule has 0 spiro atoms. The number of unbranched alkanes of at least 4 members (excludes halogenated alkanes) is 9. The van der Waals surface area contributed by atoms with Gasteiger partial charge in [0.15, 0.2) is 0 Å². The molecule has 1 aromatic carbocycles. The number of nitrogens with zero attached hydrogens (tertiary/aromatic N) is 2. The second kappa shape index (κ2) is 13.3. The zero-order chi connectivity index (χ0) is 24.3. The molecule has 187 valence electrons. The highest BCUT2D eigenvalue weighted by molar-refractivity contribution is 5.83. The van der Waals surface area contributed by atoms with Crippen LogP contribution in [0.2, 0.25) is 0 Å². The normalized spacial score (nSPS) is 18.7. The monoisotopic (exact) mass is 459 g/mol. The van der Waals surface area contributed by atoms with Gasteiger partial charge in [-0.05, 0) is 59.1 Å².